The van der Waals surface area contributed by atoms with E-state index in [0.717, 1.165) is 24.9 Å². The van der Waals surface area contributed by atoms with Crippen LogP contribution in [0.3, 0.4) is 0 Å². The SMILES string of the molecule is CC1CCN(C(C)Cc2ccc(F)cc2)C1C(=O)O. The summed E-state index contributed by atoms with van der Waals surface area (Å²) in [6.07, 6.45) is 1.67. The lowest BCUT2D eigenvalue weighted by molar-refractivity contribution is -0.144. The highest BCUT2D eigenvalue weighted by atomic mass is 19.1. The normalized spacial score (nSPS) is 25.4. The van der Waals surface area contributed by atoms with Crippen molar-refractivity contribution in [3.05, 3.63) is 35.6 Å². The molecule has 0 spiro atoms. The van der Waals surface area contributed by atoms with Crippen LogP contribution in [0.4, 0.5) is 4.39 Å². The lowest BCUT2D eigenvalue weighted by Crippen LogP contribution is -2.44. The number of nitrogens with zero attached hydrogens (tertiary/aromatic N) is 1. The second-order valence-corrected chi connectivity index (χ2v) is 5.47. The van der Waals surface area contributed by atoms with Crippen LogP contribution in [-0.2, 0) is 11.2 Å². The van der Waals surface area contributed by atoms with E-state index in [-0.39, 0.29) is 17.8 Å². The van der Waals surface area contributed by atoms with Gasteiger partial charge < -0.3 is 5.11 Å². The molecule has 1 aromatic rings. The molecule has 0 saturated carbocycles. The summed E-state index contributed by atoms with van der Waals surface area (Å²) in [7, 11) is 0. The third-order valence-corrected chi connectivity index (χ3v) is 4.00. The highest BCUT2D eigenvalue weighted by Crippen LogP contribution is 2.27. The topological polar surface area (TPSA) is 40.5 Å². The first-order valence-electron chi connectivity index (χ1n) is 6.72. The molecule has 104 valence electrons. The van der Waals surface area contributed by atoms with Crippen LogP contribution in [0.5, 0.6) is 0 Å². The molecule has 4 heteroatoms. The largest absolute Gasteiger partial charge is 0.480 e. The average Bonchev–Trinajstić information content (AvgIpc) is 2.74. The van der Waals surface area contributed by atoms with Crippen molar-refractivity contribution < 1.29 is 14.3 Å². The van der Waals surface area contributed by atoms with E-state index in [2.05, 4.69) is 4.90 Å². The second kappa shape index (κ2) is 5.70. The number of carboxylic acid groups (broad SMARTS) is 1. The fourth-order valence-corrected chi connectivity index (χ4v) is 2.94. The van der Waals surface area contributed by atoms with Gasteiger partial charge in [0, 0.05) is 6.04 Å². The number of likely N-dealkylation sites (tertiary alicyclic amines) is 1. The molecule has 1 fully saturated rings. The summed E-state index contributed by atoms with van der Waals surface area (Å²) < 4.78 is 12.9. The van der Waals surface area contributed by atoms with Gasteiger partial charge in [0.1, 0.15) is 11.9 Å². The molecular formula is C15H20FNO2. The molecule has 2 rings (SSSR count). The molecule has 1 aliphatic rings. The van der Waals surface area contributed by atoms with Crippen molar-refractivity contribution in [2.45, 2.75) is 38.8 Å². The van der Waals surface area contributed by atoms with Gasteiger partial charge in [0.05, 0.1) is 0 Å². The van der Waals surface area contributed by atoms with Gasteiger partial charge in [-0.05, 0) is 49.9 Å². The van der Waals surface area contributed by atoms with Gasteiger partial charge in [-0.3, -0.25) is 9.69 Å². The highest BCUT2D eigenvalue weighted by Gasteiger charge is 2.38. The van der Waals surface area contributed by atoms with Crippen LogP contribution in [0, 0.1) is 11.7 Å². The molecule has 19 heavy (non-hydrogen) atoms. The van der Waals surface area contributed by atoms with Crippen molar-refractivity contribution >= 4 is 5.97 Å². The van der Waals surface area contributed by atoms with Crippen molar-refractivity contribution in [1.82, 2.24) is 4.90 Å². The maximum atomic E-state index is 12.9. The molecule has 1 heterocycles. The molecule has 0 radical (unpaired) electrons. The zero-order valence-corrected chi connectivity index (χ0v) is 11.3. The van der Waals surface area contributed by atoms with Gasteiger partial charge in [-0.15, -0.1) is 0 Å². The van der Waals surface area contributed by atoms with Crippen molar-refractivity contribution in [3.63, 3.8) is 0 Å². The molecule has 3 atom stereocenters. The molecular weight excluding hydrogens is 245 g/mol. The molecule has 1 saturated heterocycles. The molecule has 1 N–H and O–H groups in total. The molecule has 0 bridgehead atoms. The monoisotopic (exact) mass is 265 g/mol. The molecule has 1 aliphatic heterocycles. The van der Waals surface area contributed by atoms with E-state index < -0.39 is 12.0 Å². The Morgan fingerprint density at radius 2 is 2.11 bits per heavy atom. The first-order chi connectivity index (χ1) is 8.99. The van der Waals surface area contributed by atoms with Gasteiger partial charge in [0.2, 0.25) is 0 Å². The third kappa shape index (κ3) is 3.13. The van der Waals surface area contributed by atoms with E-state index >= 15 is 0 Å². The van der Waals surface area contributed by atoms with E-state index in [1.807, 2.05) is 13.8 Å². The summed E-state index contributed by atoms with van der Waals surface area (Å²) in [6.45, 7) is 4.85. The number of hydrogen-bond donors (Lipinski definition) is 1. The summed E-state index contributed by atoms with van der Waals surface area (Å²) in [6, 6.07) is 6.18. The van der Waals surface area contributed by atoms with Crippen molar-refractivity contribution in [3.8, 4) is 0 Å². The van der Waals surface area contributed by atoms with E-state index in [9.17, 15) is 14.3 Å². The lowest BCUT2D eigenvalue weighted by atomic mass is 10.0. The Labute approximate surface area is 113 Å². The fourth-order valence-electron chi connectivity index (χ4n) is 2.94. The highest BCUT2D eigenvalue weighted by molar-refractivity contribution is 5.74. The summed E-state index contributed by atoms with van der Waals surface area (Å²) in [5.41, 5.74) is 1.04. The van der Waals surface area contributed by atoms with Crippen molar-refractivity contribution in [2.24, 2.45) is 5.92 Å². The van der Waals surface area contributed by atoms with Crippen LogP contribution in [-0.4, -0.2) is 34.6 Å². The van der Waals surface area contributed by atoms with Gasteiger partial charge >= 0.3 is 5.97 Å². The van der Waals surface area contributed by atoms with Gasteiger partial charge in [0.15, 0.2) is 0 Å². The molecule has 1 aromatic carbocycles. The predicted molar refractivity (Wildman–Crippen MR) is 71.5 cm³/mol. The summed E-state index contributed by atoms with van der Waals surface area (Å²) in [5, 5.41) is 9.31. The Morgan fingerprint density at radius 1 is 1.47 bits per heavy atom. The Hall–Kier alpha value is -1.42. The van der Waals surface area contributed by atoms with Crippen LogP contribution >= 0.6 is 0 Å². The zero-order valence-electron chi connectivity index (χ0n) is 11.3. The van der Waals surface area contributed by atoms with Crippen molar-refractivity contribution in [1.29, 1.82) is 0 Å². The van der Waals surface area contributed by atoms with Crippen LogP contribution in [0.15, 0.2) is 24.3 Å². The number of aliphatic carboxylic acids is 1. The predicted octanol–water partition coefficient (Wildman–Crippen LogP) is 2.55. The van der Waals surface area contributed by atoms with Crippen molar-refractivity contribution in [2.75, 3.05) is 6.54 Å². The number of carboxylic acids is 1. The van der Waals surface area contributed by atoms with Gasteiger partial charge in [-0.25, -0.2) is 4.39 Å². The summed E-state index contributed by atoms with van der Waals surface area (Å²) in [4.78, 5) is 13.4. The van der Waals surface area contributed by atoms with Crippen LogP contribution in [0.25, 0.3) is 0 Å². The van der Waals surface area contributed by atoms with E-state index in [0.29, 0.717) is 0 Å². The number of rotatable bonds is 4. The van der Waals surface area contributed by atoms with Gasteiger partial charge in [-0.1, -0.05) is 19.1 Å². The Balaban J connectivity index is 2.05. The standard InChI is InChI=1S/C15H20FNO2/c1-10-7-8-17(14(10)15(18)19)11(2)9-12-3-5-13(16)6-4-12/h3-6,10-11,14H,7-9H2,1-2H3,(H,18,19). The maximum Gasteiger partial charge on any atom is 0.321 e. The molecule has 3 unspecified atom stereocenters. The van der Waals surface area contributed by atoms with Gasteiger partial charge in [0.25, 0.3) is 0 Å². The number of hydrogen-bond acceptors (Lipinski definition) is 2. The van der Waals surface area contributed by atoms with Gasteiger partial charge in [-0.2, -0.15) is 0 Å². The summed E-state index contributed by atoms with van der Waals surface area (Å²) in [5.74, 6) is -0.793. The molecule has 3 nitrogen and oxygen atoms in total. The number of halogens is 1. The quantitative estimate of drug-likeness (QED) is 0.909. The molecule has 0 aromatic heterocycles. The van der Waals surface area contributed by atoms with Crippen LogP contribution < -0.4 is 0 Å². The number of benzene rings is 1. The Bertz CT molecular complexity index is 446. The zero-order chi connectivity index (χ0) is 14.0. The fraction of sp³-hybridized carbons (Fsp3) is 0.533. The minimum atomic E-state index is -0.740. The van der Waals surface area contributed by atoms with Crippen LogP contribution in [0.2, 0.25) is 0 Å². The first-order valence-corrected chi connectivity index (χ1v) is 6.72. The molecule has 0 aliphatic carbocycles. The third-order valence-electron chi connectivity index (χ3n) is 4.00. The van der Waals surface area contributed by atoms with Crippen LogP contribution in [0.1, 0.15) is 25.8 Å². The first kappa shape index (κ1) is 14.0. The Morgan fingerprint density at radius 3 is 2.68 bits per heavy atom. The lowest BCUT2D eigenvalue weighted by Gasteiger charge is -2.29. The van der Waals surface area contributed by atoms with E-state index in [1.165, 1.54) is 12.1 Å². The van der Waals surface area contributed by atoms with E-state index in [4.69, 9.17) is 0 Å². The second-order valence-electron chi connectivity index (χ2n) is 5.47. The Kier molecular flexibility index (Phi) is 4.20. The molecule has 0 amide bonds. The maximum absolute atomic E-state index is 12.9. The average molecular weight is 265 g/mol. The smallest absolute Gasteiger partial charge is 0.321 e. The minimum absolute atomic E-state index is 0.150. The number of carbonyl (C=O) groups is 1. The minimum Gasteiger partial charge on any atom is -0.480 e. The van der Waals surface area contributed by atoms with E-state index in [1.54, 1.807) is 12.1 Å². The summed E-state index contributed by atoms with van der Waals surface area (Å²) >= 11 is 0.